The molecule has 12 heavy (non-hydrogen) atoms. The van der Waals surface area contributed by atoms with Crippen LogP contribution in [-0.2, 0) is 4.74 Å². The van der Waals surface area contributed by atoms with Crippen molar-refractivity contribution < 1.29 is 4.74 Å². The van der Waals surface area contributed by atoms with E-state index in [9.17, 15) is 0 Å². The summed E-state index contributed by atoms with van der Waals surface area (Å²) in [6, 6.07) is 0. The van der Waals surface area contributed by atoms with Gasteiger partial charge in [0.25, 0.3) is 0 Å². The van der Waals surface area contributed by atoms with Gasteiger partial charge in [-0.25, -0.2) is 0 Å². The summed E-state index contributed by atoms with van der Waals surface area (Å²) in [4.78, 5) is 2.26. The summed E-state index contributed by atoms with van der Waals surface area (Å²) in [6.07, 6.45) is 0. The highest BCUT2D eigenvalue weighted by atomic mass is 16.5. The Morgan fingerprint density at radius 3 is 2.42 bits per heavy atom. The van der Waals surface area contributed by atoms with Crippen molar-refractivity contribution in [3.63, 3.8) is 0 Å². The quantitative estimate of drug-likeness (QED) is 0.637. The maximum atomic E-state index is 5.33. The smallest absolute Gasteiger partial charge is 0.0748 e. The van der Waals surface area contributed by atoms with Crippen LogP contribution in [-0.4, -0.2) is 51.3 Å². The second-order valence-electron chi connectivity index (χ2n) is 3.81. The zero-order valence-corrected chi connectivity index (χ0v) is 8.98. The average molecular weight is 174 g/mol. The van der Waals surface area contributed by atoms with Crippen LogP contribution < -0.4 is 5.32 Å². The molecule has 0 aliphatic carbocycles. The Morgan fingerprint density at radius 2 is 2.00 bits per heavy atom. The largest absolute Gasteiger partial charge is 0.377 e. The highest BCUT2D eigenvalue weighted by Crippen LogP contribution is 2.07. The fraction of sp³-hybridized carbons (Fsp3) is 1.00. The summed E-state index contributed by atoms with van der Waals surface area (Å²) in [5.74, 6) is 0. The fourth-order valence-corrected chi connectivity index (χ4v) is 1.10. The molecule has 0 spiro atoms. The maximum Gasteiger partial charge on any atom is 0.0748 e. The molecular formula is C9H22N2O. The van der Waals surface area contributed by atoms with Crippen LogP contribution in [0.4, 0.5) is 0 Å². The molecule has 0 aromatic carbocycles. The third-order valence-corrected chi connectivity index (χ3v) is 1.95. The molecule has 1 N–H and O–H groups in total. The molecule has 0 rings (SSSR count). The van der Waals surface area contributed by atoms with Crippen molar-refractivity contribution in [1.29, 1.82) is 0 Å². The van der Waals surface area contributed by atoms with E-state index < -0.39 is 0 Å². The number of rotatable bonds is 6. The SMILES string of the molecule is CNCCN(C)CC(C)(C)OC. The van der Waals surface area contributed by atoms with E-state index in [1.165, 1.54) is 0 Å². The molecule has 0 heterocycles. The molecule has 0 unspecified atom stereocenters. The molecule has 0 saturated carbocycles. The Labute approximate surface area is 76.1 Å². The van der Waals surface area contributed by atoms with Crippen molar-refractivity contribution in [1.82, 2.24) is 10.2 Å². The van der Waals surface area contributed by atoms with Crippen LogP contribution in [0.5, 0.6) is 0 Å². The lowest BCUT2D eigenvalue weighted by Crippen LogP contribution is -2.40. The Kier molecular flexibility index (Phi) is 5.46. The van der Waals surface area contributed by atoms with Crippen LogP contribution in [0.25, 0.3) is 0 Å². The third-order valence-electron chi connectivity index (χ3n) is 1.95. The van der Waals surface area contributed by atoms with E-state index in [-0.39, 0.29) is 5.60 Å². The average Bonchev–Trinajstić information content (AvgIpc) is 2.00. The number of hydrogen-bond acceptors (Lipinski definition) is 3. The predicted molar refractivity (Wildman–Crippen MR) is 52.5 cm³/mol. The van der Waals surface area contributed by atoms with Crippen LogP contribution in [0, 0.1) is 0 Å². The first-order valence-corrected chi connectivity index (χ1v) is 4.40. The van der Waals surface area contributed by atoms with Gasteiger partial charge in [-0.05, 0) is 27.9 Å². The normalized spacial score (nSPS) is 12.5. The molecule has 0 aliphatic heterocycles. The first-order chi connectivity index (χ1) is 5.52. The number of methoxy groups -OCH3 is 1. The van der Waals surface area contributed by atoms with Gasteiger partial charge in [-0.1, -0.05) is 0 Å². The van der Waals surface area contributed by atoms with E-state index in [1.54, 1.807) is 7.11 Å². The van der Waals surface area contributed by atoms with E-state index in [4.69, 9.17) is 4.74 Å². The monoisotopic (exact) mass is 174 g/mol. The van der Waals surface area contributed by atoms with Gasteiger partial charge in [0.15, 0.2) is 0 Å². The van der Waals surface area contributed by atoms with Gasteiger partial charge in [0, 0.05) is 26.7 Å². The van der Waals surface area contributed by atoms with Gasteiger partial charge in [0.1, 0.15) is 0 Å². The molecule has 3 nitrogen and oxygen atoms in total. The number of hydrogen-bond donors (Lipinski definition) is 1. The number of likely N-dealkylation sites (N-methyl/N-ethyl adjacent to an activating group) is 2. The molecule has 74 valence electrons. The van der Waals surface area contributed by atoms with Crippen molar-refractivity contribution in [3.8, 4) is 0 Å². The maximum absolute atomic E-state index is 5.33. The molecule has 0 bridgehead atoms. The summed E-state index contributed by atoms with van der Waals surface area (Å²) in [6.45, 7) is 7.25. The second-order valence-corrected chi connectivity index (χ2v) is 3.81. The lowest BCUT2D eigenvalue weighted by molar-refractivity contribution is -0.00158. The lowest BCUT2D eigenvalue weighted by atomic mass is 10.1. The van der Waals surface area contributed by atoms with Crippen LogP contribution in [0.3, 0.4) is 0 Å². The van der Waals surface area contributed by atoms with Gasteiger partial charge in [-0.2, -0.15) is 0 Å². The van der Waals surface area contributed by atoms with E-state index >= 15 is 0 Å². The molecule has 0 aliphatic rings. The summed E-state index contributed by atoms with van der Waals surface area (Å²) < 4.78 is 5.33. The number of nitrogens with zero attached hydrogens (tertiary/aromatic N) is 1. The zero-order chi connectivity index (χ0) is 9.61. The van der Waals surface area contributed by atoms with Crippen LogP contribution in [0.2, 0.25) is 0 Å². The van der Waals surface area contributed by atoms with Crippen LogP contribution in [0.15, 0.2) is 0 Å². The molecule has 0 atom stereocenters. The third kappa shape index (κ3) is 5.52. The molecule has 3 heteroatoms. The van der Waals surface area contributed by atoms with Crippen molar-refractivity contribution in [2.75, 3.05) is 40.8 Å². The van der Waals surface area contributed by atoms with E-state index in [0.29, 0.717) is 0 Å². The Morgan fingerprint density at radius 1 is 1.42 bits per heavy atom. The highest BCUT2D eigenvalue weighted by Gasteiger charge is 2.18. The fourth-order valence-electron chi connectivity index (χ4n) is 1.10. The Hall–Kier alpha value is -0.120. The zero-order valence-electron chi connectivity index (χ0n) is 8.98. The summed E-state index contributed by atoms with van der Waals surface area (Å²) in [7, 11) is 5.83. The van der Waals surface area contributed by atoms with Gasteiger partial charge in [0.05, 0.1) is 5.60 Å². The van der Waals surface area contributed by atoms with Crippen LogP contribution in [0.1, 0.15) is 13.8 Å². The number of ether oxygens (including phenoxy) is 1. The van der Waals surface area contributed by atoms with Crippen molar-refractivity contribution in [2.24, 2.45) is 0 Å². The van der Waals surface area contributed by atoms with E-state index in [0.717, 1.165) is 19.6 Å². The summed E-state index contributed by atoms with van der Waals surface area (Å²) in [5.41, 5.74) is -0.0392. The van der Waals surface area contributed by atoms with Gasteiger partial charge < -0.3 is 15.0 Å². The minimum Gasteiger partial charge on any atom is -0.377 e. The van der Waals surface area contributed by atoms with Gasteiger partial charge in [-0.3, -0.25) is 0 Å². The van der Waals surface area contributed by atoms with E-state index in [1.807, 2.05) is 7.05 Å². The van der Waals surface area contributed by atoms with Gasteiger partial charge in [0.2, 0.25) is 0 Å². The minimum absolute atomic E-state index is 0.0392. The lowest BCUT2D eigenvalue weighted by Gasteiger charge is -2.28. The topological polar surface area (TPSA) is 24.5 Å². The molecule has 0 aromatic rings. The minimum atomic E-state index is -0.0392. The van der Waals surface area contributed by atoms with Crippen LogP contribution >= 0.6 is 0 Å². The van der Waals surface area contributed by atoms with E-state index in [2.05, 4.69) is 31.1 Å². The van der Waals surface area contributed by atoms with Crippen molar-refractivity contribution in [2.45, 2.75) is 19.4 Å². The van der Waals surface area contributed by atoms with Crippen molar-refractivity contribution >= 4 is 0 Å². The summed E-state index contributed by atoms with van der Waals surface area (Å²) >= 11 is 0. The Balaban J connectivity index is 3.60. The molecule has 0 radical (unpaired) electrons. The standard InChI is InChI=1S/C9H22N2O/c1-9(2,12-5)8-11(4)7-6-10-3/h10H,6-8H2,1-5H3. The predicted octanol–water partition coefficient (Wildman–Crippen LogP) is 0.563. The molecule has 0 aromatic heterocycles. The Bertz CT molecular complexity index is 115. The first-order valence-electron chi connectivity index (χ1n) is 4.40. The highest BCUT2D eigenvalue weighted by molar-refractivity contribution is 4.72. The second kappa shape index (κ2) is 5.51. The molecule has 0 saturated heterocycles. The van der Waals surface area contributed by atoms with Gasteiger partial charge >= 0.3 is 0 Å². The molecular weight excluding hydrogens is 152 g/mol. The number of nitrogens with one attached hydrogen (secondary N) is 1. The molecule has 0 fully saturated rings. The van der Waals surface area contributed by atoms with Crippen molar-refractivity contribution in [3.05, 3.63) is 0 Å². The first kappa shape index (κ1) is 11.9. The summed E-state index contributed by atoms with van der Waals surface area (Å²) in [5, 5.41) is 3.12. The van der Waals surface area contributed by atoms with Gasteiger partial charge in [-0.15, -0.1) is 0 Å². The molecule has 0 amide bonds.